The molecule has 0 unspecified atom stereocenters. The molecule has 0 atom stereocenters. The molecule has 0 radical (unpaired) electrons. The van der Waals surface area contributed by atoms with Crippen LogP contribution >= 0.6 is 11.3 Å². The zero-order valence-corrected chi connectivity index (χ0v) is 12.1. The average molecular weight is 294 g/mol. The van der Waals surface area contributed by atoms with E-state index in [0.29, 0.717) is 10.4 Å². The number of ketones is 1. The van der Waals surface area contributed by atoms with E-state index < -0.39 is 0 Å². The van der Waals surface area contributed by atoms with Crippen molar-refractivity contribution in [3.05, 3.63) is 82.7 Å². The number of thiophene rings is 1. The summed E-state index contributed by atoms with van der Waals surface area (Å²) in [5.74, 6) is -0.00233. The first-order valence-electron chi connectivity index (χ1n) is 6.68. The third-order valence-electron chi connectivity index (χ3n) is 3.28. The zero-order chi connectivity index (χ0) is 14.7. The molecule has 0 aliphatic rings. The summed E-state index contributed by atoms with van der Waals surface area (Å²) in [5.41, 5.74) is 2.49. The maximum Gasteiger partial charge on any atom is 0.202 e. The Hall–Kier alpha value is -2.23. The van der Waals surface area contributed by atoms with E-state index in [-0.39, 0.29) is 12.4 Å². The number of rotatable bonds is 4. The molecule has 0 spiro atoms. The van der Waals surface area contributed by atoms with Crippen LogP contribution in [-0.2, 0) is 6.61 Å². The van der Waals surface area contributed by atoms with E-state index in [2.05, 4.69) is 0 Å². The van der Waals surface area contributed by atoms with Gasteiger partial charge in [0.1, 0.15) is 0 Å². The number of aliphatic hydroxyl groups is 1. The maximum absolute atomic E-state index is 12.5. The van der Waals surface area contributed by atoms with Gasteiger partial charge in [-0.25, -0.2) is 0 Å². The first-order chi connectivity index (χ1) is 10.3. The van der Waals surface area contributed by atoms with Gasteiger partial charge in [-0.1, -0.05) is 60.7 Å². The summed E-state index contributed by atoms with van der Waals surface area (Å²) in [6, 6.07) is 20.8. The molecule has 2 aromatic carbocycles. The monoisotopic (exact) mass is 294 g/mol. The molecule has 0 amide bonds. The van der Waals surface area contributed by atoms with Crippen LogP contribution in [0, 0.1) is 0 Å². The number of hydrogen-bond acceptors (Lipinski definition) is 3. The van der Waals surface area contributed by atoms with E-state index in [1.165, 1.54) is 11.3 Å². The van der Waals surface area contributed by atoms with Crippen molar-refractivity contribution in [3.8, 4) is 10.4 Å². The molecule has 1 heterocycles. The van der Waals surface area contributed by atoms with Gasteiger partial charge in [0.15, 0.2) is 0 Å². The lowest BCUT2D eigenvalue weighted by Crippen LogP contribution is -1.97. The Balaban J connectivity index is 2.02. The van der Waals surface area contributed by atoms with Crippen molar-refractivity contribution in [3.63, 3.8) is 0 Å². The summed E-state index contributed by atoms with van der Waals surface area (Å²) in [6.07, 6.45) is 0. The summed E-state index contributed by atoms with van der Waals surface area (Å²) in [5, 5.41) is 9.54. The minimum Gasteiger partial charge on any atom is -0.392 e. The number of carbonyl (C=O) groups excluding carboxylic acids is 1. The highest BCUT2D eigenvalue weighted by Crippen LogP contribution is 2.33. The van der Waals surface area contributed by atoms with Crippen molar-refractivity contribution in [1.82, 2.24) is 0 Å². The predicted molar refractivity (Wildman–Crippen MR) is 85.6 cm³/mol. The summed E-state index contributed by atoms with van der Waals surface area (Å²) >= 11 is 1.43. The van der Waals surface area contributed by atoms with Crippen molar-refractivity contribution < 1.29 is 9.90 Å². The molecule has 3 aromatic rings. The molecular weight excluding hydrogens is 280 g/mol. The Bertz CT molecular complexity index is 745. The van der Waals surface area contributed by atoms with Crippen LogP contribution in [0.2, 0.25) is 0 Å². The van der Waals surface area contributed by atoms with Crippen molar-refractivity contribution in [2.75, 3.05) is 0 Å². The second-order valence-corrected chi connectivity index (χ2v) is 5.74. The van der Waals surface area contributed by atoms with Gasteiger partial charge in [0.25, 0.3) is 0 Å². The molecule has 3 heteroatoms. The molecule has 3 rings (SSSR count). The largest absolute Gasteiger partial charge is 0.392 e. The van der Waals surface area contributed by atoms with Crippen LogP contribution in [0.3, 0.4) is 0 Å². The highest BCUT2D eigenvalue weighted by atomic mass is 32.1. The fourth-order valence-corrected chi connectivity index (χ4v) is 3.36. The lowest BCUT2D eigenvalue weighted by Gasteiger charge is -1.99. The summed E-state index contributed by atoms with van der Waals surface area (Å²) < 4.78 is 0. The lowest BCUT2D eigenvalue weighted by atomic mass is 10.1. The second kappa shape index (κ2) is 6.04. The molecule has 21 heavy (non-hydrogen) atoms. The standard InChI is InChI=1S/C18H14O2S/c19-12-15-11-16(17(20)13-7-3-1-4-8-13)21-18(15)14-9-5-2-6-10-14/h1-11,19H,12H2. The molecule has 0 bridgehead atoms. The van der Waals surface area contributed by atoms with E-state index in [0.717, 1.165) is 16.0 Å². The Morgan fingerprint density at radius 2 is 1.57 bits per heavy atom. The number of aliphatic hydroxyl groups excluding tert-OH is 1. The quantitative estimate of drug-likeness (QED) is 0.734. The summed E-state index contributed by atoms with van der Waals surface area (Å²) in [4.78, 5) is 14.1. The van der Waals surface area contributed by atoms with E-state index in [4.69, 9.17) is 0 Å². The van der Waals surface area contributed by atoms with Crippen LogP contribution in [0.15, 0.2) is 66.7 Å². The lowest BCUT2D eigenvalue weighted by molar-refractivity contribution is 0.104. The molecule has 0 saturated carbocycles. The first kappa shape index (κ1) is 13.7. The molecule has 0 fully saturated rings. The fourth-order valence-electron chi connectivity index (χ4n) is 2.22. The molecule has 104 valence electrons. The predicted octanol–water partition coefficient (Wildman–Crippen LogP) is 4.14. The van der Waals surface area contributed by atoms with Crippen molar-refractivity contribution in [2.45, 2.75) is 6.61 Å². The van der Waals surface area contributed by atoms with E-state index in [1.807, 2.05) is 60.7 Å². The van der Waals surface area contributed by atoms with Gasteiger partial charge in [-0.05, 0) is 17.2 Å². The highest BCUT2D eigenvalue weighted by molar-refractivity contribution is 7.17. The van der Waals surface area contributed by atoms with E-state index >= 15 is 0 Å². The minimum absolute atomic E-state index is 0.00233. The Labute approximate surface area is 127 Å². The SMILES string of the molecule is O=C(c1ccccc1)c1cc(CO)c(-c2ccccc2)s1. The molecule has 0 aliphatic carbocycles. The van der Waals surface area contributed by atoms with Crippen LogP contribution in [-0.4, -0.2) is 10.9 Å². The van der Waals surface area contributed by atoms with Gasteiger partial charge in [0, 0.05) is 10.4 Å². The third-order valence-corrected chi connectivity index (χ3v) is 4.50. The van der Waals surface area contributed by atoms with Crippen LogP contribution in [0.25, 0.3) is 10.4 Å². The highest BCUT2D eigenvalue weighted by Gasteiger charge is 2.16. The smallest absolute Gasteiger partial charge is 0.202 e. The van der Waals surface area contributed by atoms with Gasteiger partial charge >= 0.3 is 0 Å². The second-order valence-electron chi connectivity index (χ2n) is 4.68. The minimum atomic E-state index is -0.0667. The Morgan fingerprint density at radius 1 is 0.952 bits per heavy atom. The molecule has 1 N–H and O–H groups in total. The average Bonchev–Trinajstić information content (AvgIpc) is 3.00. The van der Waals surface area contributed by atoms with Crippen molar-refractivity contribution in [2.24, 2.45) is 0 Å². The van der Waals surface area contributed by atoms with Gasteiger partial charge in [0.05, 0.1) is 11.5 Å². The molecule has 1 aromatic heterocycles. The van der Waals surface area contributed by atoms with Gasteiger partial charge in [-0.2, -0.15) is 0 Å². The van der Waals surface area contributed by atoms with Crippen LogP contribution in [0.5, 0.6) is 0 Å². The molecule has 0 saturated heterocycles. The Kier molecular flexibility index (Phi) is 3.95. The molecule has 0 aliphatic heterocycles. The normalized spacial score (nSPS) is 10.5. The van der Waals surface area contributed by atoms with Crippen LogP contribution in [0.4, 0.5) is 0 Å². The number of benzene rings is 2. The van der Waals surface area contributed by atoms with Gasteiger partial charge in [-0.3, -0.25) is 4.79 Å². The zero-order valence-electron chi connectivity index (χ0n) is 11.3. The van der Waals surface area contributed by atoms with Gasteiger partial charge in [-0.15, -0.1) is 11.3 Å². The van der Waals surface area contributed by atoms with Crippen molar-refractivity contribution in [1.29, 1.82) is 0 Å². The van der Waals surface area contributed by atoms with E-state index in [9.17, 15) is 9.90 Å². The molecular formula is C18H14O2S. The van der Waals surface area contributed by atoms with Gasteiger partial charge in [0.2, 0.25) is 5.78 Å². The number of carbonyl (C=O) groups is 1. The van der Waals surface area contributed by atoms with Crippen LogP contribution in [0.1, 0.15) is 20.8 Å². The van der Waals surface area contributed by atoms with E-state index in [1.54, 1.807) is 6.07 Å². The first-order valence-corrected chi connectivity index (χ1v) is 7.50. The van der Waals surface area contributed by atoms with Crippen LogP contribution < -0.4 is 0 Å². The topological polar surface area (TPSA) is 37.3 Å². The summed E-state index contributed by atoms with van der Waals surface area (Å²) in [7, 11) is 0. The molecule has 2 nitrogen and oxygen atoms in total. The Morgan fingerprint density at radius 3 is 2.19 bits per heavy atom. The van der Waals surface area contributed by atoms with Crippen molar-refractivity contribution >= 4 is 17.1 Å². The maximum atomic E-state index is 12.5. The third kappa shape index (κ3) is 2.79. The summed E-state index contributed by atoms with van der Waals surface area (Å²) in [6.45, 7) is -0.0667. The number of hydrogen-bond donors (Lipinski definition) is 1. The fraction of sp³-hybridized carbons (Fsp3) is 0.0556. The van der Waals surface area contributed by atoms with Gasteiger partial charge < -0.3 is 5.11 Å².